The summed E-state index contributed by atoms with van der Waals surface area (Å²) in [5.74, 6) is -0.848. The zero-order valence-corrected chi connectivity index (χ0v) is 52.7. The Morgan fingerprint density at radius 2 is 0.500 bits per heavy atom. The smallest absolute Gasteiger partial charge is 0.306 e. The number of carbonyl (C=O) groups is 3. The maximum atomic E-state index is 12.9. The molecule has 0 rings (SSSR count). The minimum absolute atomic E-state index is 0.0692. The van der Waals surface area contributed by atoms with E-state index in [1.807, 2.05) is 0 Å². The molecule has 0 aromatic rings. The van der Waals surface area contributed by atoms with Crippen LogP contribution in [0.25, 0.3) is 0 Å². The first-order valence-electron chi connectivity index (χ1n) is 35.0. The molecule has 0 aromatic carbocycles. The second-order valence-electron chi connectivity index (χ2n) is 23.8. The molecule has 0 N–H and O–H groups in total. The Kier molecular flexibility index (Phi) is 65.1. The topological polar surface area (TPSA) is 78.9 Å². The molecule has 0 saturated carbocycles. The molecule has 0 spiro atoms. The van der Waals surface area contributed by atoms with Gasteiger partial charge in [-0.2, -0.15) is 0 Å². The number of unbranched alkanes of at least 4 members (excludes halogenated alkanes) is 48. The minimum Gasteiger partial charge on any atom is -0.462 e. The van der Waals surface area contributed by atoms with Gasteiger partial charge in [0.1, 0.15) is 13.2 Å². The average molecular weight is 1100 g/mol. The van der Waals surface area contributed by atoms with E-state index in [0.29, 0.717) is 19.3 Å². The van der Waals surface area contributed by atoms with Crippen LogP contribution in [0.15, 0.2) is 36.5 Å². The summed E-state index contributed by atoms with van der Waals surface area (Å²) in [6.07, 6.45) is 83.1. The Morgan fingerprint density at radius 1 is 0.269 bits per heavy atom. The largest absolute Gasteiger partial charge is 0.462 e. The minimum atomic E-state index is -0.774. The summed E-state index contributed by atoms with van der Waals surface area (Å²) in [6, 6.07) is 0. The van der Waals surface area contributed by atoms with Gasteiger partial charge in [0, 0.05) is 19.3 Å². The summed E-state index contributed by atoms with van der Waals surface area (Å²) in [4.78, 5) is 38.4. The van der Waals surface area contributed by atoms with E-state index in [0.717, 1.165) is 83.5 Å². The first-order chi connectivity index (χ1) is 38.5. The first kappa shape index (κ1) is 75.6. The highest BCUT2D eigenvalue weighted by Gasteiger charge is 2.19. The van der Waals surface area contributed by atoms with Gasteiger partial charge in [0.2, 0.25) is 0 Å². The molecule has 0 aliphatic heterocycles. The van der Waals surface area contributed by atoms with Crippen LogP contribution in [-0.2, 0) is 28.6 Å². The van der Waals surface area contributed by atoms with Gasteiger partial charge in [-0.1, -0.05) is 353 Å². The fourth-order valence-electron chi connectivity index (χ4n) is 10.7. The number of allylic oxidation sites excluding steroid dienone is 6. The molecule has 0 aliphatic carbocycles. The Bertz CT molecular complexity index is 1300. The van der Waals surface area contributed by atoms with Crippen molar-refractivity contribution in [1.29, 1.82) is 0 Å². The Morgan fingerprint density at radius 3 is 0.782 bits per heavy atom. The second kappa shape index (κ2) is 67.1. The summed E-state index contributed by atoms with van der Waals surface area (Å²) in [5, 5.41) is 0. The molecule has 0 aromatic heterocycles. The molecule has 6 heteroatoms. The molecule has 0 fully saturated rings. The van der Waals surface area contributed by atoms with Gasteiger partial charge in [-0.05, 0) is 51.4 Å². The predicted molar refractivity (Wildman–Crippen MR) is 339 cm³/mol. The van der Waals surface area contributed by atoms with Crippen molar-refractivity contribution in [3.05, 3.63) is 36.5 Å². The van der Waals surface area contributed by atoms with Crippen LogP contribution in [0.5, 0.6) is 0 Å². The third-order valence-corrected chi connectivity index (χ3v) is 15.9. The summed E-state index contributed by atoms with van der Waals surface area (Å²) in [6.45, 7) is 6.61. The summed E-state index contributed by atoms with van der Waals surface area (Å²) >= 11 is 0. The second-order valence-corrected chi connectivity index (χ2v) is 23.8. The molecule has 78 heavy (non-hydrogen) atoms. The quantitative estimate of drug-likeness (QED) is 0.0261. The monoisotopic (exact) mass is 1100 g/mol. The molecular weight excluding hydrogens is 961 g/mol. The van der Waals surface area contributed by atoms with E-state index in [2.05, 4.69) is 57.2 Å². The third kappa shape index (κ3) is 64.5. The molecule has 0 saturated heterocycles. The van der Waals surface area contributed by atoms with Crippen molar-refractivity contribution >= 4 is 17.9 Å². The lowest BCUT2D eigenvalue weighted by Crippen LogP contribution is -2.30. The van der Waals surface area contributed by atoms with Crippen LogP contribution >= 0.6 is 0 Å². The van der Waals surface area contributed by atoms with Gasteiger partial charge in [0.15, 0.2) is 6.10 Å². The summed E-state index contributed by atoms with van der Waals surface area (Å²) in [5.41, 5.74) is 0. The van der Waals surface area contributed by atoms with Gasteiger partial charge >= 0.3 is 17.9 Å². The highest BCUT2D eigenvalue weighted by Crippen LogP contribution is 2.19. The standard InChI is InChI=1S/C72H134O6/c1-4-7-10-13-16-19-22-25-28-31-33-34-35-36-37-38-39-42-44-47-50-53-56-59-62-65-71(74)77-68-69(67-76-70(73)64-61-58-55-52-49-46-43-40-30-27-24-21-18-15-12-9-6-3)78-72(75)66-63-60-57-54-51-48-45-41-32-29-26-23-20-17-14-11-8-5-2/h9,12,18,21,27,30,69H,4-8,10-11,13-17,19-20,22-26,28-29,31-68H2,1-3H3/b12-9-,21-18-,30-27-. The van der Waals surface area contributed by atoms with E-state index in [4.69, 9.17) is 14.2 Å². The van der Waals surface area contributed by atoms with Gasteiger partial charge in [0.25, 0.3) is 0 Å². The van der Waals surface area contributed by atoms with Crippen LogP contribution in [0.3, 0.4) is 0 Å². The van der Waals surface area contributed by atoms with Crippen molar-refractivity contribution in [3.63, 3.8) is 0 Å². The lowest BCUT2D eigenvalue weighted by atomic mass is 10.0. The highest BCUT2D eigenvalue weighted by molar-refractivity contribution is 5.71. The number of esters is 3. The fraction of sp³-hybridized carbons (Fsp3) is 0.875. The number of ether oxygens (including phenoxy) is 3. The number of carbonyl (C=O) groups excluding carboxylic acids is 3. The molecule has 0 bridgehead atoms. The molecule has 458 valence electrons. The van der Waals surface area contributed by atoms with Crippen molar-refractivity contribution in [2.75, 3.05) is 13.2 Å². The molecule has 0 heterocycles. The van der Waals surface area contributed by atoms with E-state index < -0.39 is 6.10 Å². The number of hydrogen-bond acceptors (Lipinski definition) is 6. The lowest BCUT2D eigenvalue weighted by molar-refractivity contribution is -0.167. The van der Waals surface area contributed by atoms with Gasteiger partial charge in [-0.3, -0.25) is 14.4 Å². The van der Waals surface area contributed by atoms with Gasteiger partial charge < -0.3 is 14.2 Å². The van der Waals surface area contributed by atoms with Crippen LogP contribution < -0.4 is 0 Å². The number of hydrogen-bond donors (Lipinski definition) is 0. The predicted octanol–water partition coefficient (Wildman–Crippen LogP) is 23.9. The fourth-order valence-corrected chi connectivity index (χ4v) is 10.7. The van der Waals surface area contributed by atoms with E-state index in [1.165, 1.54) is 263 Å². The van der Waals surface area contributed by atoms with Crippen LogP contribution in [0, 0.1) is 0 Å². The van der Waals surface area contributed by atoms with Crippen LogP contribution in [0.2, 0.25) is 0 Å². The molecule has 0 aliphatic rings. The molecule has 6 nitrogen and oxygen atoms in total. The molecule has 1 atom stereocenters. The van der Waals surface area contributed by atoms with Gasteiger partial charge in [-0.15, -0.1) is 0 Å². The van der Waals surface area contributed by atoms with Crippen molar-refractivity contribution in [2.45, 2.75) is 393 Å². The van der Waals surface area contributed by atoms with E-state index in [-0.39, 0.29) is 31.1 Å². The van der Waals surface area contributed by atoms with Crippen molar-refractivity contribution in [1.82, 2.24) is 0 Å². The summed E-state index contributed by atoms with van der Waals surface area (Å²) in [7, 11) is 0. The van der Waals surface area contributed by atoms with Crippen molar-refractivity contribution in [3.8, 4) is 0 Å². The van der Waals surface area contributed by atoms with Gasteiger partial charge in [-0.25, -0.2) is 0 Å². The van der Waals surface area contributed by atoms with Gasteiger partial charge in [0.05, 0.1) is 0 Å². The molecule has 0 amide bonds. The SMILES string of the molecule is CC/C=C\C/C=C\C/C=C\CCCCCCCCCC(=O)OCC(COC(=O)CCCCCCCCCCCCCCCCCCCCCCCCCCC)OC(=O)CCCCCCCCCCCCCCCCCCCC. The summed E-state index contributed by atoms with van der Waals surface area (Å²) < 4.78 is 17.0. The van der Waals surface area contributed by atoms with Crippen LogP contribution in [-0.4, -0.2) is 37.2 Å². The maximum Gasteiger partial charge on any atom is 0.306 e. The van der Waals surface area contributed by atoms with E-state index in [9.17, 15) is 14.4 Å². The molecular formula is C72H134O6. The van der Waals surface area contributed by atoms with Crippen LogP contribution in [0.4, 0.5) is 0 Å². The Balaban J connectivity index is 4.26. The average Bonchev–Trinajstić information content (AvgIpc) is 3.44. The Labute approximate surface area is 486 Å². The first-order valence-corrected chi connectivity index (χ1v) is 35.0. The van der Waals surface area contributed by atoms with Crippen molar-refractivity contribution < 1.29 is 28.6 Å². The third-order valence-electron chi connectivity index (χ3n) is 15.9. The zero-order valence-electron chi connectivity index (χ0n) is 52.7. The molecule has 1 unspecified atom stereocenters. The molecule has 0 radical (unpaired) electrons. The number of rotatable bonds is 65. The highest BCUT2D eigenvalue weighted by atomic mass is 16.6. The maximum absolute atomic E-state index is 12.9. The Hall–Kier alpha value is -2.37. The van der Waals surface area contributed by atoms with E-state index >= 15 is 0 Å². The van der Waals surface area contributed by atoms with Crippen molar-refractivity contribution in [2.24, 2.45) is 0 Å². The zero-order chi connectivity index (χ0) is 56.4. The lowest BCUT2D eigenvalue weighted by Gasteiger charge is -2.18. The van der Waals surface area contributed by atoms with E-state index in [1.54, 1.807) is 0 Å². The van der Waals surface area contributed by atoms with Crippen LogP contribution in [0.1, 0.15) is 387 Å². The normalized spacial score (nSPS) is 12.2.